The van der Waals surface area contributed by atoms with Gasteiger partial charge in [-0.15, -0.1) is 0 Å². The minimum atomic E-state index is 0.947. The number of nitrogens with one attached hydrogen (secondary N) is 1. The van der Waals surface area contributed by atoms with Crippen LogP contribution in [0.25, 0.3) is 0 Å². The Morgan fingerprint density at radius 2 is 2.24 bits per heavy atom. The second kappa shape index (κ2) is 9.54. The number of hydrogen-bond donors (Lipinski definition) is 1. The second-order valence-corrected chi connectivity index (χ2v) is 5.29. The first-order chi connectivity index (χ1) is 8.38. The van der Waals surface area contributed by atoms with E-state index in [4.69, 9.17) is 0 Å². The normalized spacial score (nSPS) is 10.9. The lowest BCUT2D eigenvalue weighted by molar-refractivity contribution is 0.578. The van der Waals surface area contributed by atoms with Crippen LogP contribution < -0.4 is 5.32 Å². The van der Waals surface area contributed by atoms with E-state index >= 15 is 0 Å². The van der Waals surface area contributed by atoms with Gasteiger partial charge in [-0.1, -0.05) is 13.3 Å². The highest BCUT2D eigenvalue weighted by molar-refractivity contribution is 7.98. The van der Waals surface area contributed by atoms with E-state index in [1.54, 1.807) is 0 Å². The Labute approximate surface area is 109 Å². The summed E-state index contributed by atoms with van der Waals surface area (Å²) < 4.78 is 2.24. The average molecular weight is 255 g/mol. The molecule has 0 fully saturated rings. The van der Waals surface area contributed by atoms with Gasteiger partial charge in [-0.2, -0.15) is 11.8 Å². The number of nitrogens with zero attached hydrogens (tertiary/aromatic N) is 2. The van der Waals surface area contributed by atoms with Crippen LogP contribution >= 0.6 is 11.8 Å². The van der Waals surface area contributed by atoms with E-state index in [2.05, 4.69) is 28.0 Å². The maximum atomic E-state index is 4.20. The van der Waals surface area contributed by atoms with Crippen molar-refractivity contribution in [2.45, 2.75) is 45.7 Å². The Balaban J connectivity index is 2.07. The van der Waals surface area contributed by atoms with Crippen molar-refractivity contribution in [3.63, 3.8) is 0 Å². The highest BCUT2D eigenvalue weighted by Gasteiger charge is 1.99. The van der Waals surface area contributed by atoms with Crippen LogP contribution in [0.1, 0.15) is 38.3 Å². The SMILES string of the molecule is CCCn1cncc1CNCCCCCSC. The molecule has 0 aliphatic heterocycles. The van der Waals surface area contributed by atoms with Gasteiger partial charge in [0.05, 0.1) is 12.0 Å². The van der Waals surface area contributed by atoms with Gasteiger partial charge in [-0.05, 0) is 37.8 Å². The molecule has 1 aromatic heterocycles. The molecule has 1 aromatic rings. The van der Waals surface area contributed by atoms with Crippen molar-refractivity contribution in [1.29, 1.82) is 0 Å². The Morgan fingerprint density at radius 1 is 1.35 bits per heavy atom. The van der Waals surface area contributed by atoms with Gasteiger partial charge in [-0.25, -0.2) is 4.98 Å². The Kier molecular flexibility index (Phi) is 8.18. The van der Waals surface area contributed by atoms with Crippen LogP contribution in [0.15, 0.2) is 12.5 Å². The van der Waals surface area contributed by atoms with Crippen LogP contribution in [0.2, 0.25) is 0 Å². The van der Waals surface area contributed by atoms with Gasteiger partial charge in [0.25, 0.3) is 0 Å². The molecule has 0 saturated carbocycles. The lowest BCUT2D eigenvalue weighted by Gasteiger charge is -2.08. The first-order valence-electron chi connectivity index (χ1n) is 6.57. The predicted molar refractivity (Wildman–Crippen MR) is 76.5 cm³/mol. The number of thioether (sulfide) groups is 1. The molecule has 0 saturated heterocycles. The fraction of sp³-hybridized carbons (Fsp3) is 0.769. The van der Waals surface area contributed by atoms with Gasteiger partial charge >= 0.3 is 0 Å². The Bertz CT molecular complexity index is 286. The van der Waals surface area contributed by atoms with Crippen LogP contribution in [0.3, 0.4) is 0 Å². The van der Waals surface area contributed by atoms with Crippen molar-refractivity contribution < 1.29 is 0 Å². The van der Waals surface area contributed by atoms with Crippen molar-refractivity contribution in [1.82, 2.24) is 14.9 Å². The molecule has 0 spiro atoms. The van der Waals surface area contributed by atoms with Crippen LogP contribution in [0, 0.1) is 0 Å². The van der Waals surface area contributed by atoms with Gasteiger partial charge in [0.2, 0.25) is 0 Å². The lowest BCUT2D eigenvalue weighted by atomic mass is 10.2. The number of aromatic nitrogens is 2. The third-order valence-corrected chi connectivity index (χ3v) is 3.47. The molecular weight excluding hydrogens is 230 g/mol. The zero-order valence-corrected chi connectivity index (χ0v) is 11.9. The van der Waals surface area contributed by atoms with E-state index in [-0.39, 0.29) is 0 Å². The minimum absolute atomic E-state index is 0.947. The van der Waals surface area contributed by atoms with E-state index < -0.39 is 0 Å². The highest BCUT2D eigenvalue weighted by Crippen LogP contribution is 2.03. The number of imidazole rings is 1. The Hall–Kier alpha value is -0.480. The third-order valence-electron chi connectivity index (χ3n) is 2.77. The van der Waals surface area contributed by atoms with E-state index in [0.717, 1.165) is 26.1 Å². The summed E-state index contributed by atoms with van der Waals surface area (Å²) in [6.07, 6.45) is 11.2. The van der Waals surface area contributed by atoms with E-state index in [1.165, 1.54) is 30.7 Å². The topological polar surface area (TPSA) is 29.9 Å². The van der Waals surface area contributed by atoms with Crippen LogP contribution in [0.4, 0.5) is 0 Å². The van der Waals surface area contributed by atoms with Crippen molar-refractivity contribution in [2.75, 3.05) is 18.6 Å². The first kappa shape index (κ1) is 14.6. The molecule has 1 rings (SSSR count). The molecule has 1 N–H and O–H groups in total. The van der Waals surface area contributed by atoms with Crippen LogP contribution in [0.5, 0.6) is 0 Å². The van der Waals surface area contributed by atoms with Crippen LogP contribution in [-0.4, -0.2) is 28.1 Å². The monoisotopic (exact) mass is 255 g/mol. The average Bonchev–Trinajstić information content (AvgIpc) is 2.76. The molecule has 0 atom stereocenters. The number of unbranched alkanes of at least 4 members (excludes halogenated alkanes) is 2. The molecule has 3 nitrogen and oxygen atoms in total. The third kappa shape index (κ3) is 6.13. The van der Waals surface area contributed by atoms with Crippen molar-refractivity contribution in [2.24, 2.45) is 0 Å². The van der Waals surface area contributed by atoms with Gasteiger partial charge in [0.15, 0.2) is 0 Å². The fourth-order valence-electron chi connectivity index (χ4n) is 1.83. The molecule has 1 heterocycles. The van der Waals surface area contributed by atoms with Crippen molar-refractivity contribution in [3.05, 3.63) is 18.2 Å². The number of hydrogen-bond acceptors (Lipinski definition) is 3. The quantitative estimate of drug-likeness (QED) is 0.652. The maximum Gasteiger partial charge on any atom is 0.0948 e. The summed E-state index contributed by atoms with van der Waals surface area (Å²) in [4.78, 5) is 4.20. The Morgan fingerprint density at radius 3 is 3.00 bits per heavy atom. The number of rotatable bonds is 10. The predicted octanol–water partition coefficient (Wildman–Crippen LogP) is 2.92. The summed E-state index contributed by atoms with van der Waals surface area (Å²) in [6, 6.07) is 0. The van der Waals surface area contributed by atoms with Gasteiger partial charge in [0.1, 0.15) is 0 Å². The summed E-state index contributed by atoms with van der Waals surface area (Å²) in [5.74, 6) is 1.29. The van der Waals surface area contributed by atoms with Crippen molar-refractivity contribution >= 4 is 11.8 Å². The first-order valence-corrected chi connectivity index (χ1v) is 7.96. The molecule has 0 aliphatic carbocycles. The number of aryl methyl sites for hydroxylation is 1. The van der Waals surface area contributed by atoms with Gasteiger partial charge in [-0.3, -0.25) is 0 Å². The summed E-state index contributed by atoms with van der Waals surface area (Å²) in [5.41, 5.74) is 1.30. The van der Waals surface area contributed by atoms with Crippen molar-refractivity contribution in [3.8, 4) is 0 Å². The van der Waals surface area contributed by atoms with Crippen LogP contribution in [-0.2, 0) is 13.1 Å². The van der Waals surface area contributed by atoms with Gasteiger partial charge < -0.3 is 9.88 Å². The molecule has 4 heteroatoms. The van der Waals surface area contributed by atoms with E-state index in [9.17, 15) is 0 Å². The molecule has 0 aromatic carbocycles. The standard InChI is InChI=1S/C13H25N3S/c1-3-8-16-12-15-11-13(16)10-14-7-5-4-6-9-17-2/h11-12,14H,3-10H2,1-2H3. The molecular formula is C13H25N3S. The largest absolute Gasteiger partial charge is 0.333 e. The minimum Gasteiger partial charge on any atom is -0.333 e. The van der Waals surface area contributed by atoms with Gasteiger partial charge in [0, 0.05) is 19.3 Å². The molecule has 0 unspecified atom stereocenters. The lowest BCUT2D eigenvalue weighted by Crippen LogP contribution is -2.17. The second-order valence-electron chi connectivity index (χ2n) is 4.31. The highest BCUT2D eigenvalue weighted by atomic mass is 32.2. The molecule has 0 aliphatic rings. The maximum absolute atomic E-state index is 4.20. The molecule has 17 heavy (non-hydrogen) atoms. The molecule has 0 amide bonds. The van der Waals surface area contributed by atoms with E-state index in [0.29, 0.717) is 0 Å². The molecule has 98 valence electrons. The fourth-order valence-corrected chi connectivity index (χ4v) is 2.32. The molecule has 0 radical (unpaired) electrons. The molecule has 0 bridgehead atoms. The zero-order valence-electron chi connectivity index (χ0n) is 11.1. The summed E-state index contributed by atoms with van der Waals surface area (Å²) in [5, 5.41) is 3.50. The summed E-state index contributed by atoms with van der Waals surface area (Å²) in [7, 11) is 0. The smallest absolute Gasteiger partial charge is 0.0948 e. The zero-order chi connectivity index (χ0) is 12.3. The summed E-state index contributed by atoms with van der Waals surface area (Å²) >= 11 is 1.94. The summed E-state index contributed by atoms with van der Waals surface area (Å²) in [6.45, 7) is 5.34. The van der Waals surface area contributed by atoms with E-state index in [1.807, 2.05) is 24.3 Å².